The van der Waals surface area contributed by atoms with Gasteiger partial charge in [-0.25, -0.2) is 13.1 Å². The first-order valence-electron chi connectivity index (χ1n) is 8.32. The first-order valence-corrected chi connectivity index (χ1v) is 9.80. The van der Waals surface area contributed by atoms with Crippen LogP contribution in [0.15, 0.2) is 29.2 Å². The number of nitrogens with one attached hydrogen (secondary N) is 2. The topological polar surface area (TPSA) is 84.5 Å². The molecule has 1 amide bonds. The molecule has 2 atom stereocenters. The average Bonchev–Trinajstić information content (AvgIpc) is 2.55. The molecule has 6 nitrogen and oxygen atoms in total. The summed E-state index contributed by atoms with van der Waals surface area (Å²) in [6.45, 7) is 2.67. The maximum Gasteiger partial charge on any atom is 0.251 e. The van der Waals surface area contributed by atoms with Crippen molar-refractivity contribution in [2.75, 3.05) is 20.3 Å². The Hall–Kier alpha value is -1.44. The van der Waals surface area contributed by atoms with Gasteiger partial charge in [-0.05, 0) is 37.0 Å². The number of hydrogen-bond acceptors (Lipinski definition) is 4. The molecule has 0 heterocycles. The van der Waals surface area contributed by atoms with E-state index in [-0.39, 0.29) is 23.4 Å². The third-order valence-corrected chi connectivity index (χ3v) is 5.74. The quantitative estimate of drug-likeness (QED) is 0.733. The number of methoxy groups -OCH3 is 1. The van der Waals surface area contributed by atoms with Crippen LogP contribution in [0.2, 0.25) is 0 Å². The van der Waals surface area contributed by atoms with E-state index in [2.05, 4.69) is 17.0 Å². The third-order valence-electron chi connectivity index (χ3n) is 4.28. The number of benzene rings is 1. The molecule has 0 aliphatic heterocycles. The van der Waals surface area contributed by atoms with Crippen LogP contribution >= 0.6 is 0 Å². The van der Waals surface area contributed by atoms with Crippen LogP contribution in [0.5, 0.6) is 0 Å². The first kappa shape index (κ1) is 18.9. The maximum absolute atomic E-state index is 12.4. The van der Waals surface area contributed by atoms with Crippen molar-refractivity contribution in [3.05, 3.63) is 29.8 Å². The lowest BCUT2D eigenvalue weighted by atomic mass is 9.87. The Labute approximate surface area is 144 Å². The van der Waals surface area contributed by atoms with E-state index in [9.17, 15) is 13.2 Å². The second kappa shape index (κ2) is 8.60. The molecule has 1 aliphatic rings. The Morgan fingerprint density at radius 2 is 2.12 bits per heavy atom. The molecule has 2 N–H and O–H groups in total. The van der Waals surface area contributed by atoms with Crippen molar-refractivity contribution >= 4 is 15.9 Å². The average molecular weight is 354 g/mol. The standard InChI is InChI=1S/C17H26N2O4S/c1-13-5-3-7-15(11-13)19-17(20)14-6-4-8-16(12-14)24(21,22)18-9-10-23-2/h4,6,8,12-13,15,18H,3,5,7,9-11H2,1-2H3,(H,19,20). The van der Waals surface area contributed by atoms with Gasteiger partial charge in [0.2, 0.25) is 10.0 Å². The zero-order valence-electron chi connectivity index (χ0n) is 14.2. The highest BCUT2D eigenvalue weighted by Gasteiger charge is 2.22. The van der Waals surface area contributed by atoms with Crippen LogP contribution in [-0.4, -0.2) is 40.6 Å². The van der Waals surface area contributed by atoms with Crippen LogP contribution in [0.4, 0.5) is 0 Å². The van der Waals surface area contributed by atoms with Gasteiger partial charge in [-0.1, -0.05) is 25.8 Å². The summed E-state index contributed by atoms with van der Waals surface area (Å²) in [4.78, 5) is 12.5. The summed E-state index contributed by atoms with van der Waals surface area (Å²) in [5.74, 6) is 0.392. The smallest absolute Gasteiger partial charge is 0.251 e. The highest BCUT2D eigenvalue weighted by atomic mass is 32.2. The Morgan fingerprint density at radius 1 is 1.33 bits per heavy atom. The molecule has 2 unspecified atom stereocenters. The molecule has 134 valence electrons. The summed E-state index contributed by atoms with van der Waals surface area (Å²) in [6, 6.07) is 6.28. The van der Waals surface area contributed by atoms with Crippen molar-refractivity contribution in [2.45, 2.75) is 43.5 Å². The molecule has 1 aliphatic carbocycles. The summed E-state index contributed by atoms with van der Waals surface area (Å²) < 4.78 is 31.7. The molecule has 0 bridgehead atoms. The predicted molar refractivity (Wildman–Crippen MR) is 92.4 cm³/mol. The van der Waals surface area contributed by atoms with Gasteiger partial charge in [-0.3, -0.25) is 4.79 Å². The zero-order valence-corrected chi connectivity index (χ0v) is 15.1. The molecular weight excluding hydrogens is 328 g/mol. The summed E-state index contributed by atoms with van der Waals surface area (Å²) >= 11 is 0. The number of carbonyl (C=O) groups excluding carboxylic acids is 1. The van der Waals surface area contributed by atoms with Gasteiger partial charge in [0, 0.05) is 25.3 Å². The summed E-state index contributed by atoms with van der Waals surface area (Å²) in [6.07, 6.45) is 4.27. The van der Waals surface area contributed by atoms with Crippen LogP contribution in [0.25, 0.3) is 0 Å². The summed E-state index contributed by atoms with van der Waals surface area (Å²) in [5.41, 5.74) is 0.364. The molecule has 24 heavy (non-hydrogen) atoms. The van der Waals surface area contributed by atoms with Crippen molar-refractivity contribution < 1.29 is 17.9 Å². The number of amides is 1. The van der Waals surface area contributed by atoms with Crippen LogP contribution in [0, 0.1) is 5.92 Å². The molecule has 2 rings (SSSR count). The minimum atomic E-state index is -3.64. The predicted octanol–water partition coefficient (Wildman–Crippen LogP) is 1.92. The molecule has 1 aromatic carbocycles. The van der Waals surface area contributed by atoms with Gasteiger partial charge >= 0.3 is 0 Å². The van der Waals surface area contributed by atoms with Crippen LogP contribution in [0.1, 0.15) is 43.0 Å². The Balaban J connectivity index is 2.04. The number of sulfonamides is 1. The van der Waals surface area contributed by atoms with Gasteiger partial charge in [0.1, 0.15) is 0 Å². The zero-order chi connectivity index (χ0) is 17.6. The van der Waals surface area contributed by atoms with Crippen LogP contribution in [-0.2, 0) is 14.8 Å². The number of ether oxygens (including phenoxy) is 1. The van der Waals surface area contributed by atoms with E-state index in [0.29, 0.717) is 18.1 Å². The molecule has 1 aromatic rings. The lowest BCUT2D eigenvalue weighted by Gasteiger charge is -2.27. The molecule has 1 fully saturated rings. The normalized spacial score (nSPS) is 21.4. The van der Waals surface area contributed by atoms with Gasteiger partial charge in [0.15, 0.2) is 0 Å². The number of carbonyl (C=O) groups is 1. The van der Waals surface area contributed by atoms with Crippen molar-refractivity contribution in [2.24, 2.45) is 5.92 Å². The SMILES string of the molecule is COCCNS(=O)(=O)c1cccc(C(=O)NC2CCCC(C)C2)c1. The van der Waals surface area contributed by atoms with Crippen LogP contribution < -0.4 is 10.0 Å². The lowest BCUT2D eigenvalue weighted by Crippen LogP contribution is -2.38. The van der Waals surface area contributed by atoms with Crippen LogP contribution in [0.3, 0.4) is 0 Å². The molecule has 7 heteroatoms. The first-order chi connectivity index (χ1) is 11.4. The second-order valence-electron chi connectivity index (χ2n) is 6.36. The summed E-state index contributed by atoms with van der Waals surface area (Å²) in [7, 11) is -2.14. The fraction of sp³-hybridized carbons (Fsp3) is 0.588. The fourth-order valence-corrected chi connectivity index (χ4v) is 4.06. The number of hydrogen-bond donors (Lipinski definition) is 2. The summed E-state index contributed by atoms with van der Waals surface area (Å²) in [5, 5.41) is 3.02. The van der Waals surface area contributed by atoms with Gasteiger partial charge in [0.25, 0.3) is 5.91 Å². The monoisotopic (exact) mass is 354 g/mol. The molecule has 0 radical (unpaired) electrons. The minimum absolute atomic E-state index is 0.0864. The van der Waals surface area contributed by atoms with E-state index in [1.165, 1.54) is 25.7 Å². The molecule has 0 aromatic heterocycles. The minimum Gasteiger partial charge on any atom is -0.383 e. The Bertz CT molecular complexity index is 660. The van der Waals surface area contributed by atoms with Gasteiger partial charge < -0.3 is 10.1 Å². The van der Waals surface area contributed by atoms with E-state index < -0.39 is 10.0 Å². The van der Waals surface area contributed by atoms with Crippen molar-refractivity contribution in [3.63, 3.8) is 0 Å². The maximum atomic E-state index is 12.4. The van der Waals surface area contributed by atoms with Crippen molar-refractivity contribution in [1.82, 2.24) is 10.0 Å². The number of rotatable bonds is 7. The van der Waals surface area contributed by atoms with Gasteiger partial charge in [-0.2, -0.15) is 0 Å². The lowest BCUT2D eigenvalue weighted by molar-refractivity contribution is 0.0921. The molecule has 0 saturated heterocycles. The van der Waals surface area contributed by atoms with Gasteiger partial charge in [0.05, 0.1) is 11.5 Å². The van der Waals surface area contributed by atoms with Crippen molar-refractivity contribution in [3.8, 4) is 0 Å². The highest BCUT2D eigenvalue weighted by molar-refractivity contribution is 7.89. The molecule has 0 spiro atoms. The van der Waals surface area contributed by atoms with Crippen molar-refractivity contribution in [1.29, 1.82) is 0 Å². The second-order valence-corrected chi connectivity index (χ2v) is 8.13. The fourth-order valence-electron chi connectivity index (χ4n) is 3.00. The van der Waals surface area contributed by atoms with E-state index in [1.54, 1.807) is 12.1 Å². The van der Waals surface area contributed by atoms with E-state index >= 15 is 0 Å². The molecule has 1 saturated carbocycles. The molecular formula is C17H26N2O4S. The highest BCUT2D eigenvalue weighted by Crippen LogP contribution is 2.23. The Morgan fingerprint density at radius 3 is 2.83 bits per heavy atom. The van der Waals surface area contributed by atoms with E-state index in [0.717, 1.165) is 19.3 Å². The third kappa shape index (κ3) is 5.29. The Kier molecular flexibility index (Phi) is 6.77. The van der Waals surface area contributed by atoms with E-state index in [4.69, 9.17) is 4.74 Å². The van der Waals surface area contributed by atoms with E-state index in [1.807, 2.05) is 0 Å². The van der Waals surface area contributed by atoms with Gasteiger partial charge in [-0.15, -0.1) is 0 Å². The largest absolute Gasteiger partial charge is 0.383 e.